The van der Waals surface area contributed by atoms with Crippen molar-refractivity contribution in [2.45, 2.75) is 13.5 Å². The minimum absolute atomic E-state index is 0.0728. The van der Waals surface area contributed by atoms with Crippen molar-refractivity contribution in [1.29, 1.82) is 0 Å². The molecule has 0 aliphatic rings. The standard InChI is InChI=1S/C18H17N3O/c1-2-6-16-11-19-13-21(16)12-15-9-10-17(18(22)20-15)14-7-4-3-5-8-14/h2-11,13H,12H2,1H3,(H,20,22)/b6-2+. The summed E-state index contributed by atoms with van der Waals surface area (Å²) in [6.07, 6.45) is 7.52. The van der Waals surface area contributed by atoms with Crippen molar-refractivity contribution in [1.82, 2.24) is 14.5 Å². The number of nitrogens with one attached hydrogen (secondary N) is 1. The van der Waals surface area contributed by atoms with E-state index in [2.05, 4.69) is 9.97 Å². The molecule has 0 atom stereocenters. The molecule has 3 rings (SSSR count). The number of hydrogen-bond acceptors (Lipinski definition) is 2. The fourth-order valence-electron chi connectivity index (χ4n) is 2.41. The molecule has 0 aliphatic heterocycles. The van der Waals surface area contributed by atoms with Crippen molar-refractivity contribution >= 4 is 6.08 Å². The minimum atomic E-state index is -0.0728. The highest BCUT2D eigenvalue weighted by Crippen LogP contribution is 2.14. The van der Waals surface area contributed by atoms with Crippen molar-refractivity contribution in [3.8, 4) is 11.1 Å². The maximum Gasteiger partial charge on any atom is 0.256 e. The Morgan fingerprint density at radius 1 is 1.18 bits per heavy atom. The molecule has 1 N–H and O–H groups in total. The zero-order chi connectivity index (χ0) is 15.4. The predicted octanol–water partition coefficient (Wildman–Crippen LogP) is 3.32. The summed E-state index contributed by atoms with van der Waals surface area (Å²) in [4.78, 5) is 19.4. The third-order valence-corrected chi connectivity index (χ3v) is 3.48. The average Bonchev–Trinajstić information content (AvgIpc) is 2.96. The molecule has 4 heteroatoms. The van der Waals surface area contributed by atoms with E-state index < -0.39 is 0 Å². The third kappa shape index (κ3) is 2.91. The van der Waals surface area contributed by atoms with Crippen molar-refractivity contribution in [3.63, 3.8) is 0 Å². The molecule has 0 bridgehead atoms. The van der Waals surface area contributed by atoms with Crippen LogP contribution in [0.15, 0.2) is 65.9 Å². The molecule has 22 heavy (non-hydrogen) atoms. The van der Waals surface area contributed by atoms with Crippen LogP contribution < -0.4 is 5.56 Å². The van der Waals surface area contributed by atoms with Crippen molar-refractivity contribution < 1.29 is 0 Å². The molecule has 3 aromatic rings. The molecule has 0 fully saturated rings. The lowest BCUT2D eigenvalue weighted by Gasteiger charge is -2.07. The van der Waals surface area contributed by atoms with E-state index in [-0.39, 0.29) is 5.56 Å². The molecule has 0 amide bonds. The van der Waals surface area contributed by atoms with E-state index in [1.165, 1.54) is 0 Å². The van der Waals surface area contributed by atoms with Crippen LogP contribution in [0.25, 0.3) is 17.2 Å². The van der Waals surface area contributed by atoms with Gasteiger partial charge in [-0.05, 0) is 30.7 Å². The normalized spacial score (nSPS) is 11.1. The molecule has 0 spiro atoms. The summed E-state index contributed by atoms with van der Waals surface area (Å²) in [6, 6.07) is 13.5. The van der Waals surface area contributed by atoms with Crippen LogP contribution in [0, 0.1) is 0 Å². The van der Waals surface area contributed by atoms with Gasteiger partial charge in [0.1, 0.15) is 0 Å². The van der Waals surface area contributed by atoms with E-state index in [4.69, 9.17) is 0 Å². The van der Waals surface area contributed by atoms with Gasteiger partial charge in [0.2, 0.25) is 0 Å². The topological polar surface area (TPSA) is 50.7 Å². The predicted molar refractivity (Wildman–Crippen MR) is 88.5 cm³/mol. The van der Waals surface area contributed by atoms with Gasteiger partial charge >= 0.3 is 0 Å². The van der Waals surface area contributed by atoms with Crippen molar-refractivity contribution in [2.75, 3.05) is 0 Å². The highest BCUT2D eigenvalue weighted by atomic mass is 16.1. The molecular weight excluding hydrogens is 274 g/mol. The van der Waals surface area contributed by atoms with E-state index in [1.807, 2.05) is 66.1 Å². The number of imidazole rings is 1. The number of benzene rings is 1. The van der Waals surface area contributed by atoms with Gasteiger partial charge in [-0.3, -0.25) is 4.79 Å². The number of allylic oxidation sites excluding steroid dienone is 1. The molecule has 1 aromatic carbocycles. The fourth-order valence-corrected chi connectivity index (χ4v) is 2.41. The first kappa shape index (κ1) is 14.1. The summed E-state index contributed by atoms with van der Waals surface area (Å²) < 4.78 is 1.99. The smallest absolute Gasteiger partial charge is 0.256 e. The van der Waals surface area contributed by atoms with Gasteiger partial charge in [0.05, 0.1) is 24.8 Å². The lowest BCUT2D eigenvalue weighted by Crippen LogP contribution is -2.13. The van der Waals surface area contributed by atoms with Crippen LogP contribution in [0.3, 0.4) is 0 Å². The second-order valence-electron chi connectivity index (χ2n) is 5.04. The number of H-pyrrole nitrogens is 1. The Labute approximate surface area is 128 Å². The first-order chi connectivity index (χ1) is 10.8. The number of hydrogen-bond donors (Lipinski definition) is 1. The van der Waals surface area contributed by atoms with Gasteiger partial charge in [-0.2, -0.15) is 0 Å². The summed E-state index contributed by atoms with van der Waals surface area (Å²) in [6.45, 7) is 2.55. The Morgan fingerprint density at radius 3 is 2.73 bits per heavy atom. The molecular formula is C18H17N3O. The van der Waals surface area contributed by atoms with Gasteiger partial charge in [0.25, 0.3) is 5.56 Å². The molecule has 2 aromatic heterocycles. The summed E-state index contributed by atoms with van der Waals surface area (Å²) in [5.41, 5.74) is 3.40. The largest absolute Gasteiger partial charge is 0.325 e. The molecule has 0 aliphatic carbocycles. The average molecular weight is 291 g/mol. The number of aromatic amines is 1. The van der Waals surface area contributed by atoms with Crippen LogP contribution in [-0.2, 0) is 6.54 Å². The highest BCUT2D eigenvalue weighted by molar-refractivity contribution is 5.62. The Balaban J connectivity index is 1.89. The second-order valence-corrected chi connectivity index (χ2v) is 5.04. The number of rotatable bonds is 4. The Bertz CT molecular complexity index is 844. The minimum Gasteiger partial charge on any atom is -0.325 e. The lowest BCUT2D eigenvalue weighted by atomic mass is 10.1. The Morgan fingerprint density at radius 2 is 2.00 bits per heavy atom. The van der Waals surface area contributed by atoms with Crippen LogP contribution in [0.5, 0.6) is 0 Å². The summed E-state index contributed by atoms with van der Waals surface area (Å²) in [5.74, 6) is 0. The van der Waals surface area contributed by atoms with Crippen LogP contribution in [0.4, 0.5) is 0 Å². The van der Waals surface area contributed by atoms with E-state index in [0.717, 1.165) is 17.0 Å². The number of pyridine rings is 1. The lowest BCUT2D eigenvalue weighted by molar-refractivity contribution is 0.763. The van der Waals surface area contributed by atoms with Gasteiger partial charge in [-0.15, -0.1) is 0 Å². The maximum atomic E-state index is 12.3. The van der Waals surface area contributed by atoms with Crippen LogP contribution in [0.2, 0.25) is 0 Å². The van der Waals surface area contributed by atoms with E-state index in [1.54, 1.807) is 12.5 Å². The van der Waals surface area contributed by atoms with Crippen molar-refractivity contribution in [2.24, 2.45) is 0 Å². The zero-order valence-corrected chi connectivity index (χ0v) is 12.4. The summed E-state index contributed by atoms with van der Waals surface area (Å²) in [7, 11) is 0. The first-order valence-corrected chi connectivity index (χ1v) is 7.18. The van der Waals surface area contributed by atoms with E-state index in [0.29, 0.717) is 12.1 Å². The molecule has 0 saturated carbocycles. The van der Waals surface area contributed by atoms with Crippen LogP contribution in [0.1, 0.15) is 18.3 Å². The highest BCUT2D eigenvalue weighted by Gasteiger charge is 2.05. The van der Waals surface area contributed by atoms with Crippen LogP contribution >= 0.6 is 0 Å². The van der Waals surface area contributed by atoms with Gasteiger partial charge in [0.15, 0.2) is 0 Å². The molecule has 0 radical (unpaired) electrons. The van der Waals surface area contributed by atoms with Gasteiger partial charge in [-0.25, -0.2) is 4.98 Å². The molecule has 4 nitrogen and oxygen atoms in total. The third-order valence-electron chi connectivity index (χ3n) is 3.48. The zero-order valence-electron chi connectivity index (χ0n) is 12.4. The number of aromatic nitrogens is 3. The number of nitrogens with zero attached hydrogens (tertiary/aromatic N) is 2. The first-order valence-electron chi connectivity index (χ1n) is 7.18. The molecule has 0 saturated heterocycles. The van der Waals surface area contributed by atoms with E-state index >= 15 is 0 Å². The maximum absolute atomic E-state index is 12.3. The molecule has 2 heterocycles. The summed E-state index contributed by atoms with van der Waals surface area (Å²) >= 11 is 0. The van der Waals surface area contributed by atoms with Gasteiger partial charge in [0, 0.05) is 11.3 Å². The summed E-state index contributed by atoms with van der Waals surface area (Å²) in [5, 5.41) is 0. The second kappa shape index (κ2) is 6.26. The Hall–Kier alpha value is -2.88. The quantitative estimate of drug-likeness (QED) is 0.801. The van der Waals surface area contributed by atoms with Gasteiger partial charge in [-0.1, -0.05) is 36.4 Å². The SMILES string of the molecule is C/C=C/c1cncn1Cc1ccc(-c2ccccc2)c(=O)[nH]1. The fraction of sp³-hybridized carbons (Fsp3) is 0.111. The monoisotopic (exact) mass is 291 g/mol. The van der Waals surface area contributed by atoms with E-state index in [9.17, 15) is 4.79 Å². The molecule has 0 unspecified atom stereocenters. The van der Waals surface area contributed by atoms with Crippen LogP contribution in [-0.4, -0.2) is 14.5 Å². The van der Waals surface area contributed by atoms with Gasteiger partial charge < -0.3 is 9.55 Å². The van der Waals surface area contributed by atoms with Crippen molar-refractivity contribution in [3.05, 3.63) is 82.8 Å². The molecule has 110 valence electrons. The Kier molecular flexibility index (Phi) is 4.01.